The van der Waals surface area contributed by atoms with E-state index in [0.29, 0.717) is 12.8 Å². The number of nitrogens with two attached hydrogens (primary N) is 2. The fraction of sp³-hybridized carbons (Fsp3) is 0.400. The van der Waals surface area contributed by atoms with Crippen molar-refractivity contribution in [1.82, 2.24) is 0 Å². The highest BCUT2D eigenvalue weighted by Crippen LogP contribution is 1.87. The van der Waals surface area contributed by atoms with Gasteiger partial charge < -0.3 is 11.5 Å². The van der Waals surface area contributed by atoms with E-state index in [1.54, 1.807) is 6.08 Å². The smallest absolute Gasteiger partial charge is 0.0775 e. The topological polar surface area (TPSA) is 52.0 Å². The molecule has 0 aliphatic rings. The average molecular weight is 162 g/mol. The molecule has 64 valence electrons. The molecule has 0 fully saturated rings. The van der Waals surface area contributed by atoms with Crippen molar-refractivity contribution >= 4 is 0 Å². The highest BCUT2D eigenvalue weighted by molar-refractivity contribution is 5.14. The van der Waals surface area contributed by atoms with Crippen LogP contribution in [0.15, 0.2) is 12.7 Å². The summed E-state index contributed by atoms with van der Waals surface area (Å²) in [4.78, 5) is 0. The van der Waals surface area contributed by atoms with Gasteiger partial charge in [-0.2, -0.15) is 0 Å². The average Bonchev–Trinajstić information content (AvgIpc) is 2.02. The Morgan fingerprint density at radius 2 is 1.92 bits per heavy atom. The van der Waals surface area contributed by atoms with Crippen molar-refractivity contribution < 1.29 is 0 Å². The lowest BCUT2D eigenvalue weighted by Crippen LogP contribution is -2.20. The summed E-state index contributed by atoms with van der Waals surface area (Å²) < 4.78 is 0. The maximum absolute atomic E-state index is 5.58. The Hall–Kier alpha value is -1.22. The Balaban J connectivity index is 3.85. The summed E-state index contributed by atoms with van der Waals surface area (Å²) in [5.41, 5.74) is 11.1. The van der Waals surface area contributed by atoms with Gasteiger partial charge in [-0.3, -0.25) is 0 Å². The second-order valence-corrected chi connectivity index (χ2v) is 2.43. The minimum Gasteiger partial charge on any atom is -0.317 e. The van der Waals surface area contributed by atoms with Crippen LogP contribution in [0.4, 0.5) is 0 Å². The van der Waals surface area contributed by atoms with Crippen molar-refractivity contribution in [3.8, 4) is 24.2 Å². The largest absolute Gasteiger partial charge is 0.317 e. The van der Waals surface area contributed by atoms with Gasteiger partial charge in [-0.15, -0.1) is 18.9 Å². The SMILES string of the molecule is C#CCC(N)C#CC(N)CC=C. The molecule has 0 heterocycles. The van der Waals surface area contributed by atoms with Crippen LogP contribution >= 0.6 is 0 Å². The van der Waals surface area contributed by atoms with E-state index < -0.39 is 0 Å². The Bertz CT molecular complexity index is 226. The van der Waals surface area contributed by atoms with Gasteiger partial charge in [0.2, 0.25) is 0 Å². The highest BCUT2D eigenvalue weighted by Gasteiger charge is 1.94. The van der Waals surface area contributed by atoms with Crippen LogP contribution in [0, 0.1) is 24.2 Å². The first-order valence-corrected chi connectivity index (χ1v) is 3.77. The summed E-state index contributed by atoms with van der Waals surface area (Å²) in [6, 6.07) is -0.433. The maximum atomic E-state index is 5.58. The molecule has 2 heteroatoms. The number of hydrogen-bond acceptors (Lipinski definition) is 2. The van der Waals surface area contributed by atoms with Gasteiger partial charge in [0, 0.05) is 6.42 Å². The van der Waals surface area contributed by atoms with Crippen LogP contribution in [0.3, 0.4) is 0 Å². The lowest BCUT2D eigenvalue weighted by molar-refractivity contribution is 0.843. The van der Waals surface area contributed by atoms with Crippen LogP contribution in [-0.2, 0) is 0 Å². The molecule has 0 amide bonds. The Morgan fingerprint density at radius 3 is 2.42 bits per heavy atom. The molecule has 0 saturated carbocycles. The van der Waals surface area contributed by atoms with Crippen LogP contribution in [0.2, 0.25) is 0 Å². The van der Waals surface area contributed by atoms with Crippen molar-refractivity contribution in [1.29, 1.82) is 0 Å². The molecule has 4 N–H and O–H groups in total. The molecule has 0 aliphatic heterocycles. The first kappa shape index (κ1) is 10.8. The molecule has 2 nitrogen and oxygen atoms in total. The normalized spacial score (nSPS) is 13.4. The number of rotatable bonds is 3. The van der Waals surface area contributed by atoms with E-state index >= 15 is 0 Å². The fourth-order valence-corrected chi connectivity index (χ4v) is 0.631. The third-order valence-corrected chi connectivity index (χ3v) is 1.21. The van der Waals surface area contributed by atoms with Crippen LogP contribution in [0.5, 0.6) is 0 Å². The zero-order chi connectivity index (χ0) is 9.40. The number of terminal acetylenes is 1. The first-order chi connectivity index (χ1) is 5.70. The Morgan fingerprint density at radius 1 is 1.33 bits per heavy atom. The second kappa shape index (κ2) is 6.49. The molecule has 0 aliphatic carbocycles. The van der Waals surface area contributed by atoms with Gasteiger partial charge in [-0.25, -0.2) is 0 Å². The van der Waals surface area contributed by atoms with E-state index in [1.165, 1.54) is 0 Å². The quantitative estimate of drug-likeness (QED) is 0.461. The van der Waals surface area contributed by atoms with Crippen LogP contribution in [0.25, 0.3) is 0 Å². The van der Waals surface area contributed by atoms with E-state index in [0.717, 1.165) is 0 Å². The summed E-state index contributed by atoms with van der Waals surface area (Å²) >= 11 is 0. The van der Waals surface area contributed by atoms with Gasteiger partial charge >= 0.3 is 0 Å². The second-order valence-electron chi connectivity index (χ2n) is 2.43. The summed E-state index contributed by atoms with van der Waals surface area (Å²) in [6.07, 6.45) is 7.92. The van der Waals surface area contributed by atoms with Crippen molar-refractivity contribution in [2.45, 2.75) is 24.9 Å². The van der Waals surface area contributed by atoms with Crippen molar-refractivity contribution in [2.75, 3.05) is 0 Å². The zero-order valence-corrected chi connectivity index (χ0v) is 7.09. The van der Waals surface area contributed by atoms with Gasteiger partial charge in [0.15, 0.2) is 0 Å². The van der Waals surface area contributed by atoms with E-state index in [1.807, 2.05) is 0 Å². The monoisotopic (exact) mass is 162 g/mol. The maximum Gasteiger partial charge on any atom is 0.0775 e. The van der Waals surface area contributed by atoms with Gasteiger partial charge in [0.25, 0.3) is 0 Å². The van der Waals surface area contributed by atoms with E-state index in [-0.39, 0.29) is 12.1 Å². The molecular weight excluding hydrogens is 148 g/mol. The molecule has 0 aromatic rings. The molecule has 0 aromatic carbocycles. The summed E-state index contributed by atoms with van der Waals surface area (Å²) in [5, 5.41) is 0. The van der Waals surface area contributed by atoms with Gasteiger partial charge in [-0.1, -0.05) is 17.9 Å². The number of hydrogen-bond donors (Lipinski definition) is 2. The molecule has 0 bridgehead atoms. The van der Waals surface area contributed by atoms with Crippen molar-refractivity contribution in [3.05, 3.63) is 12.7 Å². The first-order valence-electron chi connectivity index (χ1n) is 3.77. The van der Waals surface area contributed by atoms with E-state index in [4.69, 9.17) is 17.9 Å². The Labute approximate surface area is 74.0 Å². The molecule has 2 atom stereocenters. The zero-order valence-electron chi connectivity index (χ0n) is 7.09. The fourth-order valence-electron chi connectivity index (χ4n) is 0.631. The third-order valence-electron chi connectivity index (χ3n) is 1.21. The van der Waals surface area contributed by atoms with Gasteiger partial charge in [-0.05, 0) is 6.42 Å². The third kappa shape index (κ3) is 5.56. The minimum absolute atomic E-state index is 0.175. The molecular formula is C10H14N2. The lowest BCUT2D eigenvalue weighted by atomic mass is 10.2. The summed E-state index contributed by atoms with van der Waals surface area (Å²) in [7, 11) is 0. The predicted molar refractivity (Wildman–Crippen MR) is 52.0 cm³/mol. The van der Waals surface area contributed by atoms with Crippen LogP contribution in [0.1, 0.15) is 12.8 Å². The molecule has 0 aromatic heterocycles. The van der Waals surface area contributed by atoms with E-state index in [2.05, 4.69) is 24.3 Å². The van der Waals surface area contributed by atoms with E-state index in [9.17, 15) is 0 Å². The molecule has 0 saturated heterocycles. The molecule has 0 radical (unpaired) electrons. The van der Waals surface area contributed by atoms with Gasteiger partial charge in [0.1, 0.15) is 0 Å². The standard InChI is InChI=1S/C10H14N2/c1-3-5-9(11)7-8-10(12)6-4-2/h1,4,9-10H,2,5-6,11-12H2. The Kier molecular flexibility index (Phi) is 5.83. The highest BCUT2D eigenvalue weighted by atomic mass is 14.6. The summed E-state index contributed by atoms with van der Waals surface area (Å²) in [5.74, 6) is 8.02. The van der Waals surface area contributed by atoms with Crippen LogP contribution in [-0.4, -0.2) is 12.1 Å². The lowest BCUT2D eigenvalue weighted by Gasteiger charge is -1.99. The molecule has 0 spiro atoms. The van der Waals surface area contributed by atoms with Crippen LogP contribution < -0.4 is 11.5 Å². The molecule has 0 rings (SSSR count). The predicted octanol–water partition coefficient (Wildman–Crippen LogP) is 0.244. The summed E-state index contributed by atoms with van der Waals surface area (Å²) in [6.45, 7) is 3.55. The molecule has 2 unspecified atom stereocenters. The molecule has 12 heavy (non-hydrogen) atoms. The van der Waals surface area contributed by atoms with Gasteiger partial charge in [0.05, 0.1) is 12.1 Å². The van der Waals surface area contributed by atoms with Crippen molar-refractivity contribution in [2.24, 2.45) is 11.5 Å². The minimum atomic E-state index is -0.258. The van der Waals surface area contributed by atoms with Crippen molar-refractivity contribution in [3.63, 3.8) is 0 Å².